The van der Waals surface area contributed by atoms with Gasteiger partial charge in [-0.3, -0.25) is 9.59 Å². The third kappa shape index (κ3) is 1.49. The summed E-state index contributed by atoms with van der Waals surface area (Å²) in [6.07, 6.45) is 3.02. The van der Waals surface area contributed by atoms with E-state index in [4.69, 9.17) is 4.74 Å². The van der Waals surface area contributed by atoms with Crippen molar-refractivity contribution in [2.45, 2.75) is 32.1 Å². The summed E-state index contributed by atoms with van der Waals surface area (Å²) in [5.41, 5.74) is 0.574. The average molecular weight is 284 g/mol. The van der Waals surface area contributed by atoms with Crippen LogP contribution in [0.2, 0.25) is 0 Å². The van der Waals surface area contributed by atoms with Crippen molar-refractivity contribution in [3.05, 3.63) is 35.9 Å². The van der Waals surface area contributed by atoms with Crippen LogP contribution in [0, 0.1) is 23.2 Å². The Morgan fingerprint density at radius 2 is 2.00 bits per heavy atom. The summed E-state index contributed by atoms with van der Waals surface area (Å²) in [6, 6.07) is 10.0. The van der Waals surface area contributed by atoms with Crippen molar-refractivity contribution in [3.63, 3.8) is 0 Å². The van der Waals surface area contributed by atoms with Crippen LogP contribution in [0.1, 0.15) is 37.7 Å². The van der Waals surface area contributed by atoms with E-state index in [0.717, 1.165) is 24.8 Å². The minimum atomic E-state index is -0.546. The Labute approximate surface area is 124 Å². The molecule has 5 atom stereocenters. The molecule has 21 heavy (non-hydrogen) atoms. The highest BCUT2D eigenvalue weighted by Crippen LogP contribution is 2.78. The molecule has 0 amide bonds. The molecule has 0 aliphatic heterocycles. The second-order valence-electron chi connectivity index (χ2n) is 6.57. The van der Waals surface area contributed by atoms with Crippen LogP contribution in [0.15, 0.2) is 30.3 Å². The summed E-state index contributed by atoms with van der Waals surface area (Å²) in [5.74, 6) is 0.420. The summed E-state index contributed by atoms with van der Waals surface area (Å²) in [5, 5.41) is 0. The molecule has 3 aliphatic rings. The second-order valence-corrected chi connectivity index (χ2v) is 6.57. The molecule has 4 rings (SSSR count). The van der Waals surface area contributed by atoms with Crippen LogP contribution in [-0.2, 0) is 14.3 Å². The number of fused-ring (bicyclic) bond motifs is 3. The number of hydrogen-bond acceptors (Lipinski definition) is 3. The van der Waals surface area contributed by atoms with E-state index in [2.05, 4.69) is 0 Å². The first kappa shape index (κ1) is 13.1. The fraction of sp³-hybridized carbons (Fsp3) is 0.556. The molecule has 0 aromatic heterocycles. The number of ether oxygens (including phenoxy) is 1. The molecule has 0 N–H and O–H groups in total. The standard InChI is InChI=1S/C18H20O3/c1-2-21-17(20)18-13-10-6-9-12(13)16(19)15(18)14(18)11-7-4-3-5-8-11/h3-5,7-8,12-15H,2,6,9-10H2,1H3/t12-,13+,14+,15-,18+/m0/s1. The lowest BCUT2D eigenvalue weighted by atomic mass is 9.81. The smallest absolute Gasteiger partial charge is 0.313 e. The molecule has 3 saturated carbocycles. The van der Waals surface area contributed by atoms with E-state index in [0.29, 0.717) is 12.4 Å². The van der Waals surface area contributed by atoms with Crippen LogP contribution in [0.5, 0.6) is 0 Å². The Morgan fingerprint density at radius 1 is 1.24 bits per heavy atom. The average Bonchev–Trinajstić information content (AvgIpc) is 2.82. The first-order valence-corrected chi connectivity index (χ1v) is 7.98. The van der Waals surface area contributed by atoms with Gasteiger partial charge in [-0.15, -0.1) is 0 Å². The molecule has 0 spiro atoms. The minimum Gasteiger partial charge on any atom is -0.466 e. The molecule has 3 nitrogen and oxygen atoms in total. The number of benzene rings is 1. The Balaban J connectivity index is 1.77. The molecule has 1 aromatic rings. The van der Waals surface area contributed by atoms with Gasteiger partial charge in [-0.05, 0) is 31.2 Å². The van der Waals surface area contributed by atoms with Crippen LogP contribution < -0.4 is 0 Å². The zero-order chi connectivity index (χ0) is 14.6. The zero-order valence-corrected chi connectivity index (χ0v) is 12.2. The van der Waals surface area contributed by atoms with E-state index in [1.165, 1.54) is 0 Å². The Bertz CT molecular complexity index is 594. The SMILES string of the molecule is CCOC(=O)[C@@]12[C@@H]3CCC[C@@H]3C(=O)[C@@H]1[C@H]2c1ccccc1. The van der Waals surface area contributed by atoms with Gasteiger partial charge in [0.15, 0.2) is 0 Å². The summed E-state index contributed by atoms with van der Waals surface area (Å²) in [6.45, 7) is 2.23. The number of carbonyl (C=O) groups is 2. The van der Waals surface area contributed by atoms with Crippen LogP contribution in [0.4, 0.5) is 0 Å². The van der Waals surface area contributed by atoms with Crippen molar-refractivity contribution < 1.29 is 14.3 Å². The van der Waals surface area contributed by atoms with Crippen molar-refractivity contribution in [1.82, 2.24) is 0 Å². The fourth-order valence-corrected chi connectivity index (χ4v) is 5.16. The number of ketones is 1. The number of carbonyl (C=O) groups excluding carboxylic acids is 2. The molecular formula is C18H20O3. The lowest BCUT2D eigenvalue weighted by molar-refractivity contribution is -0.152. The molecule has 3 heteroatoms. The first-order chi connectivity index (χ1) is 10.2. The topological polar surface area (TPSA) is 43.4 Å². The zero-order valence-electron chi connectivity index (χ0n) is 12.2. The summed E-state index contributed by atoms with van der Waals surface area (Å²) >= 11 is 0. The first-order valence-electron chi connectivity index (χ1n) is 7.98. The maximum absolute atomic E-state index is 12.7. The van der Waals surface area contributed by atoms with Crippen molar-refractivity contribution >= 4 is 11.8 Å². The predicted octanol–water partition coefficient (Wildman–Crippen LogP) is 2.95. The van der Waals surface area contributed by atoms with Crippen molar-refractivity contribution in [3.8, 4) is 0 Å². The number of rotatable bonds is 3. The van der Waals surface area contributed by atoms with E-state index < -0.39 is 5.41 Å². The largest absolute Gasteiger partial charge is 0.466 e. The predicted molar refractivity (Wildman–Crippen MR) is 77.6 cm³/mol. The van der Waals surface area contributed by atoms with Gasteiger partial charge < -0.3 is 4.74 Å². The summed E-state index contributed by atoms with van der Waals surface area (Å²) in [7, 11) is 0. The van der Waals surface area contributed by atoms with E-state index in [9.17, 15) is 9.59 Å². The van der Waals surface area contributed by atoms with Gasteiger partial charge in [-0.1, -0.05) is 36.8 Å². The molecule has 110 valence electrons. The van der Waals surface area contributed by atoms with Gasteiger partial charge in [0.25, 0.3) is 0 Å². The van der Waals surface area contributed by atoms with E-state index >= 15 is 0 Å². The molecule has 0 unspecified atom stereocenters. The van der Waals surface area contributed by atoms with Crippen LogP contribution in [0.3, 0.4) is 0 Å². The Morgan fingerprint density at radius 3 is 2.71 bits per heavy atom. The fourth-order valence-electron chi connectivity index (χ4n) is 5.16. The highest BCUT2D eigenvalue weighted by molar-refractivity contribution is 6.03. The summed E-state index contributed by atoms with van der Waals surface area (Å²) in [4.78, 5) is 25.4. The van der Waals surface area contributed by atoms with E-state index in [-0.39, 0.29) is 29.6 Å². The van der Waals surface area contributed by atoms with Gasteiger partial charge in [-0.2, -0.15) is 0 Å². The van der Waals surface area contributed by atoms with Crippen molar-refractivity contribution in [1.29, 1.82) is 0 Å². The minimum absolute atomic E-state index is 0.0459. The number of esters is 1. The molecule has 1 aromatic carbocycles. The van der Waals surface area contributed by atoms with Crippen LogP contribution >= 0.6 is 0 Å². The molecule has 0 radical (unpaired) electrons. The van der Waals surface area contributed by atoms with Crippen LogP contribution in [0.25, 0.3) is 0 Å². The number of hydrogen-bond donors (Lipinski definition) is 0. The molecular weight excluding hydrogens is 264 g/mol. The van der Waals surface area contributed by atoms with Crippen molar-refractivity contribution in [2.75, 3.05) is 6.61 Å². The number of Topliss-reactive ketones (excluding diaryl/α,β-unsaturated/α-hetero) is 1. The van der Waals surface area contributed by atoms with Gasteiger partial charge in [0.2, 0.25) is 0 Å². The quantitative estimate of drug-likeness (QED) is 0.802. The van der Waals surface area contributed by atoms with Gasteiger partial charge in [0.1, 0.15) is 5.78 Å². The second kappa shape index (κ2) is 4.43. The lowest BCUT2D eigenvalue weighted by Gasteiger charge is -2.23. The van der Waals surface area contributed by atoms with Crippen molar-refractivity contribution in [2.24, 2.45) is 23.2 Å². The highest BCUT2D eigenvalue weighted by atomic mass is 16.5. The maximum Gasteiger partial charge on any atom is 0.313 e. The molecule has 3 fully saturated rings. The lowest BCUT2D eigenvalue weighted by Crippen LogP contribution is -2.29. The molecule has 0 bridgehead atoms. The van der Waals surface area contributed by atoms with E-state index in [1.807, 2.05) is 37.3 Å². The van der Waals surface area contributed by atoms with E-state index in [1.54, 1.807) is 0 Å². The molecule has 0 saturated heterocycles. The molecule has 0 heterocycles. The Kier molecular flexibility index (Phi) is 2.75. The third-order valence-electron chi connectivity index (χ3n) is 5.84. The highest BCUT2D eigenvalue weighted by Gasteiger charge is 2.82. The summed E-state index contributed by atoms with van der Waals surface area (Å²) < 4.78 is 5.39. The van der Waals surface area contributed by atoms with Gasteiger partial charge in [0, 0.05) is 17.8 Å². The maximum atomic E-state index is 12.7. The Hall–Kier alpha value is -1.64. The van der Waals surface area contributed by atoms with Gasteiger partial charge >= 0.3 is 5.97 Å². The van der Waals surface area contributed by atoms with Gasteiger partial charge in [0.05, 0.1) is 12.0 Å². The van der Waals surface area contributed by atoms with Gasteiger partial charge in [-0.25, -0.2) is 0 Å². The normalized spacial score (nSPS) is 39.8. The third-order valence-corrected chi connectivity index (χ3v) is 5.84. The van der Waals surface area contributed by atoms with Crippen LogP contribution in [-0.4, -0.2) is 18.4 Å². The monoisotopic (exact) mass is 284 g/mol. The molecule has 3 aliphatic carbocycles.